The van der Waals surface area contributed by atoms with Gasteiger partial charge in [-0.3, -0.25) is 10.0 Å². The molecule has 0 heterocycles. The molecule has 0 rings (SSSR count). The molecule has 0 saturated carbocycles. The molecule has 0 bridgehead atoms. The topological polar surface area (TPSA) is 0 Å². The molecule has 7 heteroatoms. The van der Waals surface area contributed by atoms with Gasteiger partial charge in [-0.2, -0.15) is 0 Å². The first-order chi connectivity index (χ1) is 3.00. The van der Waals surface area contributed by atoms with Gasteiger partial charge in [0.15, 0.2) is 0 Å². The molecule has 0 fully saturated rings. The summed E-state index contributed by atoms with van der Waals surface area (Å²) < 4.78 is 0. The fraction of sp³-hybridized carbons (Fsp3) is 0. The van der Waals surface area contributed by atoms with Crippen LogP contribution in [0.5, 0.6) is 0 Å². The summed E-state index contributed by atoms with van der Waals surface area (Å²) in [6.45, 7) is 0. The Morgan fingerprint density at radius 2 is 0.857 bits per heavy atom. The number of hydrogen-bond acceptors (Lipinski definition) is 0. The van der Waals surface area contributed by atoms with Crippen molar-refractivity contribution in [3.8, 4) is 0 Å². The van der Waals surface area contributed by atoms with E-state index < -0.39 is 13.9 Å². The van der Waals surface area contributed by atoms with Crippen LogP contribution in [-0.4, -0.2) is 29.2 Å². The molecule has 0 spiro atoms. The van der Waals surface area contributed by atoms with Gasteiger partial charge < -0.3 is 0 Å². The van der Waals surface area contributed by atoms with Crippen molar-refractivity contribution in [2.24, 2.45) is 0 Å². The summed E-state index contributed by atoms with van der Waals surface area (Å²) in [5.41, 5.74) is 0. The van der Waals surface area contributed by atoms with Crippen molar-refractivity contribution < 1.29 is 0 Å². The molecule has 0 aromatic rings. The molecule has 44 valence electrons. The van der Waals surface area contributed by atoms with Gasteiger partial charge in [0.1, 0.15) is 0 Å². The molecule has 0 amide bonds. The molecule has 0 saturated heterocycles. The monoisotopic (exact) mass is 324 g/mol. The third-order valence-electron chi connectivity index (χ3n) is 0. The van der Waals surface area contributed by atoms with E-state index in [2.05, 4.69) is 0 Å². The molecular weight excluding hydrogens is 323 g/mol. The van der Waals surface area contributed by atoms with E-state index >= 15 is 0 Å². The van der Waals surface area contributed by atoms with Crippen LogP contribution >= 0.6 is 45.7 Å². The van der Waals surface area contributed by atoms with Gasteiger partial charge in [0.2, 0.25) is 0 Å². The molecule has 0 aliphatic heterocycles. The molecular formula is H2AlCl5Sn. The van der Waals surface area contributed by atoms with Crippen LogP contribution in [0.1, 0.15) is 0 Å². The third kappa shape index (κ3) is 52.2. The van der Waals surface area contributed by atoms with Gasteiger partial charge in [0.25, 0.3) is 0 Å². The second kappa shape index (κ2) is 6.90. The Labute approximate surface area is 73.8 Å². The fourth-order valence-corrected chi connectivity index (χ4v) is 0. The van der Waals surface area contributed by atoms with E-state index in [0.717, 1.165) is 15.4 Å². The van der Waals surface area contributed by atoms with E-state index in [1.807, 2.05) is 0 Å². The number of rotatable bonds is 0. The molecule has 0 aliphatic carbocycles. The van der Waals surface area contributed by atoms with Crippen LogP contribution in [0.2, 0.25) is 0 Å². The van der Waals surface area contributed by atoms with Gasteiger partial charge in [-0.1, -0.05) is 0 Å². The first-order valence-corrected chi connectivity index (χ1v) is 18.6. The summed E-state index contributed by atoms with van der Waals surface area (Å²) in [5.74, 6) is 0. The van der Waals surface area contributed by atoms with Gasteiger partial charge in [-0.05, 0) is 0 Å². The second-order valence-electron chi connectivity index (χ2n) is 0.429. The number of halogens is 5. The maximum absolute atomic E-state index is 5.04. The quantitative estimate of drug-likeness (QED) is 0.599. The Morgan fingerprint density at radius 3 is 0.857 bits per heavy atom. The Bertz CT molecular complexity index is 23.6. The molecule has 0 N–H and O–H groups in total. The predicted molar refractivity (Wildman–Crippen MR) is 43.6 cm³/mol. The Hall–Kier alpha value is 2.78. The normalized spacial score (nSPS) is 9.29. The average Bonchev–Trinajstić information content (AvgIpc) is 1.36. The van der Waals surface area contributed by atoms with Crippen LogP contribution in [0.3, 0.4) is 0 Å². The van der Waals surface area contributed by atoms with Crippen molar-refractivity contribution >= 4 is 75.0 Å². The minimum atomic E-state index is -3.29. The predicted octanol–water partition coefficient (Wildman–Crippen LogP) is 2.15. The molecule has 0 atom stereocenters. The van der Waals surface area contributed by atoms with Gasteiger partial charge in [-0.25, -0.2) is 0 Å². The van der Waals surface area contributed by atoms with E-state index in [-0.39, 0.29) is 0 Å². The van der Waals surface area contributed by atoms with Gasteiger partial charge in [0.05, 0.1) is 0 Å². The molecule has 7 heavy (non-hydrogen) atoms. The van der Waals surface area contributed by atoms with Crippen LogP contribution in [0.4, 0.5) is 0 Å². The van der Waals surface area contributed by atoms with Gasteiger partial charge >= 0.3 is 64.9 Å². The Morgan fingerprint density at radius 1 is 0.857 bits per heavy atom. The zero-order valence-corrected chi connectivity index (χ0v) is 12.0. The SMILES string of the molecule is [AlH2][Cl].[Cl][Sn]([Cl])([Cl])[Cl]. The first kappa shape index (κ1) is 12.5. The van der Waals surface area contributed by atoms with E-state index in [0.29, 0.717) is 0 Å². The van der Waals surface area contributed by atoms with E-state index in [4.69, 9.17) is 45.7 Å². The van der Waals surface area contributed by atoms with Crippen LogP contribution in [0.25, 0.3) is 0 Å². The average molecular weight is 325 g/mol. The molecule has 0 aromatic carbocycles. The Balaban J connectivity index is 0. The summed E-state index contributed by atoms with van der Waals surface area (Å²) >= 11 is -2.51. The zero-order valence-electron chi connectivity index (χ0n) is 3.39. The van der Waals surface area contributed by atoms with Crippen LogP contribution in [-0.2, 0) is 0 Å². The van der Waals surface area contributed by atoms with Gasteiger partial charge in [0, 0.05) is 0 Å². The van der Waals surface area contributed by atoms with Crippen LogP contribution < -0.4 is 0 Å². The van der Waals surface area contributed by atoms with Gasteiger partial charge in [-0.15, -0.1) is 0 Å². The van der Waals surface area contributed by atoms with E-state index in [9.17, 15) is 0 Å². The zero-order chi connectivity index (χ0) is 6.50. The molecule has 0 nitrogen and oxygen atoms in total. The van der Waals surface area contributed by atoms with Crippen molar-refractivity contribution in [2.75, 3.05) is 0 Å². The van der Waals surface area contributed by atoms with Crippen molar-refractivity contribution in [1.29, 1.82) is 0 Å². The van der Waals surface area contributed by atoms with Crippen molar-refractivity contribution in [1.82, 2.24) is 0 Å². The first-order valence-electron chi connectivity index (χ1n) is 1.13. The molecule has 0 unspecified atom stereocenters. The second-order valence-corrected chi connectivity index (χ2v) is 25.9. The summed E-state index contributed by atoms with van der Waals surface area (Å²) in [7, 11) is 24.9. The van der Waals surface area contributed by atoms with Crippen molar-refractivity contribution in [2.45, 2.75) is 0 Å². The third-order valence-corrected chi connectivity index (χ3v) is 0. The summed E-state index contributed by atoms with van der Waals surface area (Å²) in [6, 6.07) is 0. The summed E-state index contributed by atoms with van der Waals surface area (Å²) in [4.78, 5) is 0. The van der Waals surface area contributed by atoms with Crippen molar-refractivity contribution in [3.63, 3.8) is 0 Å². The van der Waals surface area contributed by atoms with Crippen LogP contribution in [0, 0.1) is 0 Å². The standard InChI is InChI=1S/Al.5ClH.Sn.2H/h;5*1H;;;/q+1;;;;;;+4;;/p-5. The van der Waals surface area contributed by atoms with E-state index in [1.54, 1.807) is 0 Å². The van der Waals surface area contributed by atoms with Crippen molar-refractivity contribution in [3.05, 3.63) is 0 Å². The van der Waals surface area contributed by atoms with Crippen LogP contribution in [0.15, 0.2) is 0 Å². The molecule has 0 aliphatic rings. The Kier molecular flexibility index (Phi) is 12.3. The molecule has 0 aromatic heterocycles. The minimum absolute atomic E-state index is 0.778. The molecule has 0 radical (unpaired) electrons. The summed E-state index contributed by atoms with van der Waals surface area (Å²) in [5, 5.41) is 0. The fourth-order valence-electron chi connectivity index (χ4n) is 0. The van der Waals surface area contributed by atoms with E-state index in [1.165, 1.54) is 0 Å². The summed E-state index contributed by atoms with van der Waals surface area (Å²) in [6.07, 6.45) is 0. The maximum atomic E-state index is 5.04. The number of hydrogen-bond donors (Lipinski definition) is 0.